The molecule has 0 radical (unpaired) electrons. The molecule has 132 valence electrons. The van der Waals surface area contributed by atoms with Crippen LogP contribution >= 0.6 is 0 Å². The van der Waals surface area contributed by atoms with Crippen molar-refractivity contribution >= 4 is 16.7 Å². The summed E-state index contributed by atoms with van der Waals surface area (Å²) < 4.78 is 1.30. The standard InChI is InChI=1S/C21H21N3O2/c1-4-23(14-15(2)3)21(26)19-17-12-8-9-13-18(17)20(25)24(22-19)16-10-6-5-7-11-16/h5-13H,2,4,14H2,1,3H3. The normalized spacial score (nSPS) is 10.7. The number of fused-ring (bicyclic) bond motifs is 1. The maximum Gasteiger partial charge on any atom is 0.279 e. The number of aromatic nitrogens is 2. The summed E-state index contributed by atoms with van der Waals surface area (Å²) in [6, 6.07) is 16.2. The number of likely N-dealkylation sites (N-methyl/N-ethyl adjacent to an activating group) is 1. The molecule has 0 unspecified atom stereocenters. The molecule has 0 bridgehead atoms. The van der Waals surface area contributed by atoms with E-state index in [0.29, 0.717) is 29.5 Å². The van der Waals surface area contributed by atoms with Crippen LogP contribution in [0.4, 0.5) is 0 Å². The number of hydrogen-bond acceptors (Lipinski definition) is 3. The van der Waals surface area contributed by atoms with Crippen LogP contribution in [0.5, 0.6) is 0 Å². The Morgan fingerprint density at radius 2 is 1.69 bits per heavy atom. The third-order valence-corrected chi connectivity index (χ3v) is 4.14. The van der Waals surface area contributed by atoms with Crippen molar-refractivity contribution in [2.45, 2.75) is 13.8 Å². The minimum absolute atomic E-state index is 0.212. The summed E-state index contributed by atoms with van der Waals surface area (Å²) in [5, 5.41) is 5.47. The Morgan fingerprint density at radius 1 is 1.08 bits per heavy atom. The van der Waals surface area contributed by atoms with Gasteiger partial charge in [0.25, 0.3) is 11.5 Å². The second kappa shape index (κ2) is 7.35. The van der Waals surface area contributed by atoms with Gasteiger partial charge in [-0.2, -0.15) is 9.78 Å². The number of hydrogen-bond donors (Lipinski definition) is 0. The Labute approximate surface area is 152 Å². The Bertz CT molecular complexity index is 1020. The van der Waals surface area contributed by atoms with Gasteiger partial charge in [0.1, 0.15) is 0 Å². The molecule has 5 heteroatoms. The molecule has 0 saturated carbocycles. The Hall–Kier alpha value is -3.21. The molecular weight excluding hydrogens is 326 g/mol. The molecule has 1 amide bonds. The maximum absolute atomic E-state index is 13.1. The van der Waals surface area contributed by atoms with E-state index in [9.17, 15) is 9.59 Å². The largest absolute Gasteiger partial charge is 0.334 e. The fraction of sp³-hybridized carbons (Fsp3) is 0.190. The molecule has 3 aromatic rings. The third-order valence-electron chi connectivity index (χ3n) is 4.14. The lowest BCUT2D eigenvalue weighted by atomic mass is 10.1. The number of carbonyl (C=O) groups excluding carboxylic acids is 1. The van der Waals surface area contributed by atoms with E-state index in [1.165, 1.54) is 4.68 Å². The minimum atomic E-state index is -0.244. The molecule has 2 aromatic carbocycles. The number of nitrogens with zero attached hydrogens (tertiary/aromatic N) is 3. The molecular formula is C21H21N3O2. The van der Waals surface area contributed by atoms with Crippen molar-refractivity contribution in [1.29, 1.82) is 0 Å². The van der Waals surface area contributed by atoms with Crippen LogP contribution in [0.25, 0.3) is 16.5 Å². The summed E-state index contributed by atoms with van der Waals surface area (Å²) in [5.41, 5.74) is 1.54. The van der Waals surface area contributed by atoms with Gasteiger partial charge < -0.3 is 4.90 Å². The molecule has 0 spiro atoms. The summed E-state index contributed by atoms with van der Waals surface area (Å²) >= 11 is 0. The van der Waals surface area contributed by atoms with E-state index in [2.05, 4.69) is 11.7 Å². The van der Waals surface area contributed by atoms with Gasteiger partial charge in [0, 0.05) is 18.5 Å². The molecule has 0 aliphatic heterocycles. The van der Waals surface area contributed by atoms with Crippen molar-refractivity contribution in [3.05, 3.63) is 82.8 Å². The smallest absolute Gasteiger partial charge is 0.279 e. The highest BCUT2D eigenvalue weighted by Crippen LogP contribution is 2.17. The number of para-hydroxylation sites is 1. The lowest BCUT2D eigenvalue weighted by molar-refractivity contribution is 0.0772. The summed E-state index contributed by atoms with van der Waals surface area (Å²) in [5.74, 6) is -0.212. The molecule has 0 aliphatic carbocycles. The second-order valence-electron chi connectivity index (χ2n) is 6.22. The van der Waals surface area contributed by atoms with Gasteiger partial charge in [0.2, 0.25) is 0 Å². The van der Waals surface area contributed by atoms with Gasteiger partial charge >= 0.3 is 0 Å². The number of rotatable bonds is 5. The van der Waals surface area contributed by atoms with Crippen LogP contribution < -0.4 is 5.56 Å². The van der Waals surface area contributed by atoms with Gasteiger partial charge in [0.15, 0.2) is 5.69 Å². The topological polar surface area (TPSA) is 55.2 Å². The fourth-order valence-electron chi connectivity index (χ4n) is 2.89. The van der Waals surface area contributed by atoms with Gasteiger partial charge in [-0.25, -0.2) is 0 Å². The first-order chi connectivity index (χ1) is 12.5. The van der Waals surface area contributed by atoms with Crippen LogP contribution in [-0.4, -0.2) is 33.7 Å². The zero-order valence-corrected chi connectivity index (χ0v) is 15.0. The van der Waals surface area contributed by atoms with Crippen molar-refractivity contribution < 1.29 is 4.79 Å². The Balaban J connectivity index is 2.25. The van der Waals surface area contributed by atoms with Crippen molar-refractivity contribution in [2.75, 3.05) is 13.1 Å². The van der Waals surface area contributed by atoms with E-state index in [1.807, 2.05) is 38.1 Å². The zero-order chi connectivity index (χ0) is 18.7. The second-order valence-corrected chi connectivity index (χ2v) is 6.22. The predicted octanol–water partition coefficient (Wildman–Crippen LogP) is 3.42. The summed E-state index contributed by atoms with van der Waals surface area (Å²) in [6.45, 7) is 8.67. The summed E-state index contributed by atoms with van der Waals surface area (Å²) in [4.78, 5) is 27.7. The highest BCUT2D eigenvalue weighted by Gasteiger charge is 2.21. The summed E-state index contributed by atoms with van der Waals surface area (Å²) in [7, 11) is 0. The molecule has 1 heterocycles. The Kier molecular flexibility index (Phi) is 4.98. The minimum Gasteiger partial charge on any atom is -0.334 e. The van der Waals surface area contributed by atoms with E-state index in [4.69, 9.17) is 0 Å². The van der Waals surface area contributed by atoms with E-state index in [0.717, 1.165) is 5.57 Å². The molecule has 0 saturated heterocycles. The lowest BCUT2D eigenvalue weighted by Gasteiger charge is -2.21. The number of amides is 1. The van der Waals surface area contributed by atoms with E-state index in [1.54, 1.807) is 35.2 Å². The molecule has 5 nitrogen and oxygen atoms in total. The van der Waals surface area contributed by atoms with Crippen molar-refractivity contribution in [3.63, 3.8) is 0 Å². The van der Waals surface area contributed by atoms with Crippen LogP contribution in [0.2, 0.25) is 0 Å². The first-order valence-corrected chi connectivity index (χ1v) is 8.54. The van der Waals surface area contributed by atoms with Crippen molar-refractivity contribution in [3.8, 4) is 5.69 Å². The SMILES string of the molecule is C=C(C)CN(CC)C(=O)c1nn(-c2ccccc2)c(=O)c2ccccc12. The average molecular weight is 347 g/mol. The molecule has 0 N–H and O–H groups in total. The first kappa shape index (κ1) is 17.6. The van der Waals surface area contributed by atoms with Crippen LogP contribution in [0.15, 0.2) is 71.5 Å². The molecule has 26 heavy (non-hydrogen) atoms. The zero-order valence-electron chi connectivity index (χ0n) is 15.0. The van der Waals surface area contributed by atoms with E-state index in [-0.39, 0.29) is 17.2 Å². The molecule has 0 aliphatic rings. The Morgan fingerprint density at radius 3 is 2.31 bits per heavy atom. The van der Waals surface area contributed by atoms with Gasteiger partial charge in [-0.15, -0.1) is 0 Å². The number of carbonyl (C=O) groups is 1. The van der Waals surface area contributed by atoms with E-state index < -0.39 is 0 Å². The van der Waals surface area contributed by atoms with Gasteiger partial charge in [-0.3, -0.25) is 9.59 Å². The predicted molar refractivity (Wildman–Crippen MR) is 104 cm³/mol. The van der Waals surface area contributed by atoms with Crippen LogP contribution in [0, 0.1) is 0 Å². The van der Waals surface area contributed by atoms with E-state index >= 15 is 0 Å². The van der Waals surface area contributed by atoms with Crippen molar-refractivity contribution in [1.82, 2.24) is 14.7 Å². The van der Waals surface area contributed by atoms with Crippen molar-refractivity contribution in [2.24, 2.45) is 0 Å². The lowest BCUT2D eigenvalue weighted by Crippen LogP contribution is -2.35. The van der Waals surface area contributed by atoms with Crippen LogP contribution in [0.1, 0.15) is 24.3 Å². The quantitative estimate of drug-likeness (QED) is 0.665. The highest BCUT2D eigenvalue weighted by atomic mass is 16.2. The van der Waals surface area contributed by atoms with Gasteiger partial charge in [-0.1, -0.05) is 48.6 Å². The number of benzene rings is 2. The van der Waals surface area contributed by atoms with Gasteiger partial charge in [-0.05, 0) is 32.0 Å². The highest BCUT2D eigenvalue weighted by molar-refractivity contribution is 6.04. The average Bonchev–Trinajstić information content (AvgIpc) is 2.66. The van der Waals surface area contributed by atoms with Crippen LogP contribution in [-0.2, 0) is 0 Å². The monoisotopic (exact) mass is 347 g/mol. The molecule has 0 fully saturated rings. The maximum atomic E-state index is 13.1. The fourth-order valence-corrected chi connectivity index (χ4v) is 2.89. The summed E-state index contributed by atoms with van der Waals surface area (Å²) in [6.07, 6.45) is 0. The molecule has 1 aromatic heterocycles. The van der Waals surface area contributed by atoms with Gasteiger partial charge in [0.05, 0.1) is 11.1 Å². The third kappa shape index (κ3) is 3.28. The molecule has 3 rings (SSSR count). The molecule has 0 atom stereocenters. The first-order valence-electron chi connectivity index (χ1n) is 8.54. The van der Waals surface area contributed by atoms with Crippen LogP contribution in [0.3, 0.4) is 0 Å².